The highest BCUT2D eigenvalue weighted by Crippen LogP contribution is 2.36. The van der Waals surface area contributed by atoms with Crippen molar-refractivity contribution in [2.45, 2.75) is 77.5 Å². The predicted molar refractivity (Wildman–Crippen MR) is 167 cm³/mol. The standard InChI is InChI=1S/C33H39N7O3/c1-6-7-16-42-21(2)26-18-35-31(34)29-27(13-9-22-8-10-23-19-39(24-11-12-24)36-28(23)17-22)37-40(30(26)29)25-14-15-38(20-25)32(41)43-33(3,4)5/h8,10,17-19,24-25H,2,6-7,11-12,14-16,20H2,1,3-5H3,(H2,34,35). The average Bonchev–Trinajstić information content (AvgIpc) is 3.36. The average molecular weight is 582 g/mol. The van der Waals surface area contributed by atoms with Crippen LogP contribution in [0.4, 0.5) is 10.6 Å². The molecular formula is C33H39N7O3. The van der Waals surface area contributed by atoms with E-state index in [-0.39, 0.29) is 12.1 Å². The van der Waals surface area contributed by atoms with Gasteiger partial charge in [-0.2, -0.15) is 10.2 Å². The van der Waals surface area contributed by atoms with Crippen molar-refractivity contribution in [2.24, 2.45) is 0 Å². The minimum Gasteiger partial charge on any atom is -0.493 e. The first kappa shape index (κ1) is 28.6. The predicted octanol–water partition coefficient (Wildman–Crippen LogP) is 6.07. The van der Waals surface area contributed by atoms with Crippen molar-refractivity contribution >= 4 is 39.5 Å². The van der Waals surface area contributed by atoms with E-state index in [2.05, 4.69) is 47.3 Å². The maximum atomic E-state index is 12.9. The van der Waals surface area contributed by atoms with E-state index >= 15 is 0 Å². The van der Waals surface area contributed by atoms with Crippen molar-refractivity contribution in [1.29, 1.82) is 0 Å². The van der Waals surface area contributed by atoms with Crippen molar-refractivity contribution in [3.63, 3.8) is 0 Å². The van der Waals surface area contributed by atoms with Gasteiger partial charge in [0.2, 0.25) is 0 Å². The maximum absolute atomic E-state index is 12.9. The number of ether oxygens (including phenoxy) is 2. The Morgan fingerprint density at radius 2 is 1.98 bits per heavy atom. The number of nitrogens with two attached hydrogens (primary N) is 1. The van der Waals surface area contributed by atoms with Gasteiger partial charge in [0, 0.05) is 36.4 Å². The molecular weight excluding hydrogens is 542 g/mol. The fourth-order valence-electron chi connectivity index (χ4n) is 5.37. The first-order valence-corrected chi connectivity index (χ1v) is 15.1. The van der Waals surface area contributed by atoms with Crippen LogP contribution in [-0.2, 0) is 9.47 Å². The number of hydrogen-bond donors (Lipinski definition) is 1. The number of benzene rings is 1. The van der Waals surface area contributed by atoms with E-state index in [1.54, 1.807) is 11.1 Å². The van der Waals surface area contributed by atoms with Gasteiger partial charge in [-0.15, -0.1) is 0 Å². The van der Waals surface area contributed by atoms with Crippen LogP contribution in [-0.4, -0.2) is 60.8 Å². The maximum Gasteiger partial charge on any atom is 0.410 e. The van der Waals surface area contributed by atoms with Gasteiger partial charge in [0.1, 0.15) is 22.9 Å². The van der Waals surface area contributed by atoms with Gasteiger partial charge in [0.05, 0.1) is 40.7 Å². The van der Waals surface area contributed by atoms with Gasteiger partial charge < -0.3 is 20.1 Å². The van der Waals surface area contributed by atoms with Crippen LogP contribution in [0.25, 0.3) is 27.6 Å². The number of anilines is 1. The molecule has 43 heavy (non-hydrogen) atoms. The number of aromatic nitrogens is 5. The monoisotopic (exact) mass is 581 g/mol. The summed E-state index contributed by atoms with van der Waals surface area (Å²) in [4.78, 5) is 19.1. The summed E-state index contributed by atoms with van der Waals surface area (Å²) in [6.45, 7) is 13.5. The highest BCUT2D eigenvalue weighted by Gasteiger charge is 2.33. The lowest BCUT2D eigenvalue weighted by molar-refractivity contribution is 0.0288. The smallest absolute Gasteiger partial charge is 0.410 e. The van der Waals surface area contributed by atoms with Crippen LogP contribution in [0, 0.1) is 11.8 Å². The third-order valence-corrected chi connectivity index (χ3v) is 7.76. The number of amides is 1. The van der Waals surface area contributed by atoms with Gasteiger partial charge in [0.15, 0.2) is 0 Å². The van der Waals surface area contributed by atoms with E-state index in [1.807, 2.05) is 37.6 Å². The second-order valence-electron chi connectivity index (χ2n) is 12.4. The number of nitrogens with zero attached hydrogens (tertiary/aromatic N) is 6. The summed E-state index contributed by atoms with van der Waals surface area (Å²) < 4.78 is 15.6. The molecule has 1 unspecified atom stereocenters. The Kier molecular flexibility index (Phi) is 7.50. The molecule has 1 atom stereocenters. The SMILES string of the molecule is C=C(OCCCC)c1cnc(N)c2c(C#Cc3ccc4cn(C5CC5)nc4c3)nn(C3CCN(C(=O)OC(C)(C)C)C3)c12. The van der Waals surface area contributed by atoms with Crippen molar-refractivity contribution < 1.29 is 14.3 Å². The summed E-state index contributed by atoms with van der Waals surface area (Å²) in [5, 5.41) is 11.5. The van der Waals surface area contributed by atoms with Crippen LogP contribution in [0.2, 0.25) is 0 Å². The Morgan fingerprint density at radius 1 is 1.16 bits per heavy atom. The molecule has 0 radical (unpaired) electrons. The van der Waals surface area contributed by atoms with Gasteiger partial charge in [-0.25, -0.2) is 9.78 Å². The molecule has 3 aromatic heterocycles. The number of carbonyl (C=O) groups is 1. The molecule has 4 aromatic rings. The Bertz CT molecular complexity index is 1760. The zero-order chi connectivity index (χ0) is 30.3. The van der Waals surface area contributed by atoms with Gasteiger partial charge >= 0.3 is 6.09 Å². The number of unbranched alkanes of at least 4 members (excludes halogenated alkanes) is 1. The van der Waals surface area contributed by atoms with Crippen molar-refractivity contribution in [3.05, 3.63) is 54.0 Å². The van der Waals surface area contributed by atoms with Gasteiger partial charge in [0.25, 0.3) is 0 Å². The van der Waals surface area contributed by atoms with Gasteiger partial charge in [-0.3, -0.25) is 9.36 Å². The molecule has 1 saturated carbocycles. The quantitative estimate of drug-likeness (QED) is 0.160. The molecule has 0 bridgehead atoms. The number of pyridine rings is 1. The molecule has 6 rings (SSSR count). The molecule has 10 heteroatoms. The Morgan fingerprint density at radius 3 is 2.72 bits per heavy atom. The Hall–Kier alpha value is -4.52. The lowest BCUT2D eigenvalue weighted by Crippen LogP contribution is -2.35. The van der Waals surface area contributed by atoms with Crippen molar-refractivity contribution in [1.82, 2.24) is 29.4 Å². The summed E-state index contributed by atoms with van der Waals surface area (Å²) in [6, 6.07) is 6.46. The van der Waals surface area contributed by atoms with E-state index in [4.69, 9.17) is 25.4 Å². The summed E-state index contributed by atoms with van der Waals surface area (Å²) in [7, 11) is 0. The zero-order valence-electron chi connectivity index (χ0n) is 25.4. The zero-order valence-corrected chi connectivity index (χ0v) is 25.4. The van der Waals surface area contributed by atoms with Crippen LogP contribution >= 0.6 is 0 Å². The Balaban J connectivity index is 1.38. The van der Waals surface area contributed by atoms with E-state index in [1.165, 1.54) is 12.8 Å². The summed E-state index contributed by atoms with van der Waals surface area (Å²) in [5.74, 6) is 7.38. The summed E-state index contributed by atoms with van der Waals surface area (Å²) in [5.41, 5.74) is 9.66. The molecule has 2 N–H and O–H groups in total. The van der Waals surface area contributed by atoms with Crippen LogP contribution in [0.3, 0.4) is 0 Å². The topological polar surface area (TPSA) is 113 Å². The number of hydrogen-bond acceptors (Lipinski definition) is 7. The minimum atomic E-state index is -0.573. The second kappa shape index (κ2) is 11.3. The Labute approximate surface area is 251 Å². The molecule has 0 spiro atoms. The van der Waals surface area contributed by atoms with Gasteiger partial charge in [-0.05, 0) is 70.6 Å². The molecule has 1 aliphatic carbocycles. The number of nitrogen functional groups attached to an aromatic ring is 1. The number of likely N-dealkylation sites (tertiary alicyclic amines) is 1. The molecule has 2 aliphatic rings. The number of carbonyl (C=O) groups excluding carboxylic acids is 1. The lowest BCUT2D eigenvalue weighted by Gasteiger charge is -2.24. The fraction of sp³-hybridized carbons (Fsp3) is 0.455. The number of rotatable bonds is 7. The summed E-state index contributed by atoms with van der Waals surface area (Å²) in [6.07, 6.45) is 8.44. The molecule has 1 aliphatic heterocycles. The molecule has 2 fully saturated rings. The molecule has 1 amide bonds. The van der Waals surface area contributed by atoms with Crippen LogP contribution in [0.15, 0.2) is 37.2 Å². The molecule has 224 valence electrons. The van der Waals surface area contributed by atoms with E-state index < -0.39 is 5.60 Å². The highest BCUT2D eigenvalue weighted by molar-refractivity contribution is 5.99. The van der Waals surface area contributed by atoms with Gasteiger partial charge in [-0.1, -0.05) is 25.8 Å². The van der Waals surface area contributed by atoms with E-state index in [9.17, 15) is 4.79 Å². The third-order valence-electron chi connectivity index (χ3n) is 7.76. The molecule has 1 saturated heterocycles. The van der Waals surface area contributed by atoms with E-state index in [0.717, 1.165) is 34.8 Å². The third kappa shape index (κ3) is 6.03. The normalized spacial score (nSPS) is 16.8. The molecule has 1 aromatic carbocycles. The highest BCUT2D eigenvalue weighted by atomic mass is 16.6. The number of fused-ring (bicyclic) bond motifs is 2. The largest absolute Gasteiger partial charge is 0.493 e. The minimum absolute atomic E-state index is 0.114. The first-order chi connectivity index (χ1) is 20.6. The van der Waals surface area contributed by atoms with Crippen LogP contribution in [0.5, 0.6) is 0 Å². The van der Waals surface area contributed by atoms with E-state index in [0.29, 0.717) is 60.4 Å². The summed E-state index contributed by atoms with van der Waals surface area (Å²) >= 11 is 0. The first-order valence-electron chi connectivity index (χ1n) is 15.1. The molecule has 4 heterocycles. The fourth-order valence-corrected chi connectivity index (χ4v) is 5.37. The molecule has 10 nitrogen and oxygen atoms in total. The van der Waals surface area contributed by atoms with Crippen LogP contribution < -0.4 is 5.73 Å². The second-order valence-corrected chi connectivity index (χ2v) is 12.4. The lowest BCUT2D eigenvalue weighted by atomic mass is 10.1. The van der Waals surface area contributed by atoms with Crippen molar-refractivity contribution in [2.75, 3.05) is 25.4 Å². The van der Waals surface area contributed by atoms with Crippen LogP contribution in [0.1, 0.15) is 88.7 Å². The van der Waals surface area contributed by atoms with Crippen molar-refractivity contribution in [3.8, 4) is 11.8 Å².